The fraction of sp³-hybridized carbons (Fsp3) is 0.458. The number of fused-ring (bicyclic) bond motifs is 1. The lowest BCUT2D eigenvalue weighted by Crippen LogP contribution is -2.63. The van der Waals surface area contributed by atoms with Gasteiger partial charge in [0.25, 0.3) is 0 Å². The van der Waals surface area contributed by atoms with Crippen molar-refractivity contribution in [1.29, 1.82) is 0 Å². The van der Waals surface area contributed by atoms with Crippen molar-refractivity contribution in [3.8, 4) is 0 Å². The van der Waals surface area contributed by atoms with Crippen molar-refractivity contribution >= 4 is 16.0 Å². The fourth-order valence-corrected chi connectivity index (χ4v) is 6.14. The fourth-order valence-electron chi connectivity index (χ4n) is 4.50. The van der Waals surface area contributed by atoms with Crippen LogP contribution in [0.5, 0.6) is 0 Å². The van der Waals surface area contributed by atoms with E-state index in [1.54, 1.807) is 38.1 Å². The Morgan fingerprint density at radius 2 is 1.69 bits per heavy atom. The normalized spacial score (nSPS) is 27.6. The number of aryl methyl sites for hydroxylation is 1. The van der Waals surface area contributed by atoms with Crippen LogP contribution in [0.4, 0.5) is 0 Å². The standard InChI is InChI=1S/C24H29NO6S/c1-16-10-12-19(13-11-16)32(27,28)25-15-21(29-17(2)26)23-22(30-24(3,4)31-23)20(25)14-18-8-6-5-7-9-18/h5-13,20-23H,14-15H2,1-4H3/t20-,21-,22-,23-/m1/s1. The zero-order valence-corrected chi connectivity index (χ0v) is 19.5. The van der Waals surface area contributed by atoms with Crippen LogP contribution in [-0.2, 0) is 35.4 Å². The van der Waals surface area contributed by atoms with E-state index in [-0.39, 0.29) is 11.4 Å². The Labute approximate surface area is 189 Å². The van der Waals surface area contributed by atoms with E-state index in [2.05, 4.69) is 0 Å². The van der Waals surface area contributed by atoms with Crippen molar-refractivity contribution in [2.45, 2.75) is 69.2 Å². The Bertz CT molecular complexity index is 1070. The summed E-state index contributed by atoms with van der Waals surface area (Å²) < 4.78 is 46.8. The molecule has 0 aliphatic carbocycles. The first-order chi connectivity index (χ1) is 15.1. The molecule has 4 rings (SSSR count). The predicted molar refractivity (Wildman–Crippen MR) is 118 cm³/mol. The minimum absolute atomic E-state index is 0.00605. The molecule has 8 heteroatoms. The second-order valence-corrected chi connectivity index (χ2v) is 10.7. The maximum atomic E-state index is 13.8. The van der Waals surface area contributed by atoms with Crippen molar-refractivity contribution in [1.82, 2.24) is 4.31 Å². The second-order valence-electron chi connectivity index (χ2n) is 8.86. The number of rotatable bonds is 5. The third-order valence-corrected chi connectivity index (χ3v) is 7.78. The van der Waals surface area contributed by atoms with Gasteiger partial charge in [-0.15, -0.1) is 0 Å². The molecule has 2 aromatic rings. The summed E-state index contributed by atoms with van der Waals surface area (Å²) in [6.45, 7) is 6.78. The molecule has 7 nitrogen and oxygen atoms in total. The van der Waals surface area contributed by atoms with Crippen LogP contribution in [0.2, 0.25) is 0 Å². The van der Waals surface area contributed by atoms with Crippen LogP contribution in [0.3, 0.4) is 0 Å². The number of sulfonamides is 1. The molecule has 0 bridgehead atoms. The molecule has 2 aliphatic rings. The molecule has 0 aromatic heterocycles. The van der Waals surface area contributed by atoms with Gasteiger partial charge in [-0.1, -0.05) is 48.0 Å². The van der Waals surface area contributed by atoms with E-state index in [0.29, 0.717) is 6.42 Å². The first kappa shape index (κ1) is 22.9. The number of benzene rings is 2. The van der Waals surface area contributed by atoms with Gasteiger partial charge in [0.05, 0.1) is 17.5 Å². The van der Waals surface area contributed by atoms with Gasteiger partial charge in [-0.2, -0.15) is 4.31 Å². The summed E-state index contributed by atoms with van der Waals surface area (Å²) >= 11 is 0. The van der Waals surface area contributed by atoms with Crippen LogP contribution in [0.1, 0.15) is 31.9 Å². The summed E-state index contributed by atoms with van der Waals surface area (Å²) in [5, 5.41) is 0. The van der Waals surface area contributed by atoms with Gasteiger partial charge < -0.3 is 14.2 Å². The number of piperidine rings is 1. The van der Waals surface area contributed by atoms with Gasteiger partial charge in [0, 0.05) is 6.92 Å². The van der Waals surface area contributed by atoms with E-state index in [0.717, 1.165) is 11.1 Å². The summed E-state index contributed by atoms with van der Waals surface area (Å²) in [5.74, 6) is -1.41. The predicted octanol–water partition coefficient (Wildman–Crippen LogP) is 3.06. The minimum atomic E-state index is -3.89. The molecule has 0 N–H and O–H groups in total. The summed E-state index contributed by atoms with van der Waals surface area (Å²) in [4.78, 5) is 12.0. The van der Waals surface area contributed by atoms with Crippen LogP contribution in [0, 0.1) is 6.92 Å². The summed E-state index contributed by atoms with van der Waals surface area (Å²) in [5.41, 5.74) is 1.95. The smallest absolute Gasteiger partial charge is 0.303 e. The molecule has 0 spiro atoms. The molecule has 0 amide bonds. The number of esters is 1. The summed E-state index contributed by atoms with van der Waals surface area (Å²) in [6.07, 6.45) is -1.48. The second kappa shape index (κ2) is 8.59. The van der Waals surface area contributed by atoms with Gasteiger partial charge in [0.2, 0.25) is 10.0 Å². The molecular formula is C24H29NO6S. The lowest BCUT2D eigenvalue weighted by molar-refractivity contribution is -0.168. The number of hydrogen-bond acceptors (Lipinski definition) is 6. The number of carbonyl (C=O) groups excluding carboxylic acids is 1. The van der Waals surface area contributed by atoms with Crippen LogP contribution in [0.25, 0.3) is 0 Å². The van der Waals surface area contributed by atoms with Crippen molar-refractivity contribution in [3.05, 3.63) is 65.7 Å². The van der Waals surface area contributed by atoms with Crippen molar-refractivity contribution in [3.63, 3.8) is 0 Å². The van der Waals surface area contributed by atoms with Crippen molar-refractivity contribution in [2.24, 2.45) is 0 Å². The quantitative estimate of drug-likeness (QED) is 0.639. The molecule has 0 saturated carbocycles. The van der Waals surface area contributed by atoms with E-state index in [4.69, 9.17) is 14.2 Å². The Morgan fingerprint density at radius 3 is 2.31 bits per heavy atom. The van der Waals surface area contributed by atoms with Gasteiger partial charge >= 0.3 is 5.97 Å². The lowest BCUT2D eigenvalue weighted by atomic mass is 9.91. The SMILES string of the molecule is CC(=O)O[C@@H]1CN(S(=O)(=O)c2ccc(C)cc2)[C@H](Cc2ccccc2)[C@H]2OC(C)(C)O[C@@H]21. The lowest BCUT2D eigenvalue weighted by Gasteiger charge is -2.43. The molecule has 32 heavy (non-hydrogen) atoms. The number of ether oxygens (including phenoxy) is 3. The average molecular weight is 460 g/mol. The maximum Gasteiger partial charge on any atom is 0.303 e. The Kier molecular flexibility index (Phi) is 6.15. The molecule has 172 valence electrons. The first-order valence-electron chi connectivity index (χ1n) is 10.7. The summed E-state index contributed by atoms with van der Waals surface area (Å²) in [6, 6.07) is 15.9. The Hall–Kier alpha value is -2.26. The largest absolute Gasteiger partial charge is 0.458 e. The van der Waals surface area contributed by atoms with Crippen LogP contribution < -0.4 is 0 Å². The minimum Gasteiger partial charge on any atom is -0.458 e. The van der Waals surface area contributed by atoms with Gasteiger partial charge in [-0.05, 0) is 44.9 Å². The number of carbonyl (C=O) groups is 1. The van der Waals surface area contributed by atoms with Crippen LogP contribution in [0.15, 0.2) is 59.5 Å². The van der Waals surface area contributed by atoms with E-state index in [1.165, 1.54) is 11.2 Å². The van der Waals surface area contributed by atoms with Crippen LogP contribution >= 0.6 is 0 Å². The molecule has 2 saturated heterocycles. The first-order valence-corrected chi connectivity index (χ1v) is 12.2. The highest BCUT2D eigenvalue weighted by atomic mass is 32.2. The van der Waals surface area contributed by atoms with Crippen molar-refractivity contribution in [2.75, 3.05) is 6.54 Å². The molecule has 2 aromatic carbocycles. The molecule has 0 radical (unpaired) electrons. The van der Waals surface area contributed by atoms with Gasteiger partial charge in [-0.3, -0.25) is 4.79 Å². The number of hydrogen-bond donors (Lipinski definition) is 0. The Balaban J connectivity index is 1.78. The highest BCUT2D eigenvalue weighted by Crippen LogP contribution is 2.40. The van der Waals surface area contributed by atoms with E-state index < -0.39 is 46.1 Å². The van der Waals surface area contributed by atoms with Gasteiger partial charge in [0.1, 0.15) is 18.3 Å². The molecule has 2 heterocycles. The monoisotopic (exact) mass is 459 g/mol. The van der Waals surface area contributed by atoms with Gasteiger partial charge in [-0.25, -0.2) is 8.42 Å². The Morgan fingerprint density at radius 1 is 1.06 bits per heavy atom. The molecule has 4 atom stereocenters. The average Bonchev–Trinajstić information content (AvgIpc) is 3.06. The highest BCUT2D eigenvalue weighted by Gasteiger charge is 2.57. The van der Waals surface area contributed by atoms with E-state index in [1.807, 2.05) is 37.3 Å². The topological polar surface area (TPSA) is 82.1 Å². The van der Waals surface area contributed by atoms with Gasteiger partial charge in [0.15, 0.2) is 5.79 Å². The maximum absolute atomic E-state index is 13.8. The zero-order valence-electron chi connectivity index (χ0n) is 18.7. The van der Waals surface area contributed by atoms with E-state index >= 15 is 0 Å². The third kappa shape index (κ3) is 4.59. The molecule has 2 aliphatic heterocycles. The summed E-state index contributed by atoms with van der Waals surface area (Å²) in [7, 11) is -3.89. The molecular weight excluding hydrogens is 430 g/mol. The highest BCUT2D eigenvalue weighted by molar-refractivity contribution is 7.89. The zero-order chi connectivity index (χ0) is 23.1. The number of nitrogens with zero attached hydrogens (tertiary/aromatic N) is 1. The molecule has 2 fully saturated rings. The van der Waals surface area contributed by atoms with Crippen LogP contribution in [-0.4, -0.2) is 55.4 Å². The molecule has 0 unspecified atom stereocenters. The third-order valence-electron chi connectivity index (χ3n) is 5.87. The van der Waals surface area contributed by atoms with Crippen molar-refractivity contribution < 1.29 is 27.4 Å². The van der Waals surface area contributed by atoms with E-state index in [9.17, 15) is 13.2 Å².